The van der Waals surface area contributed by atoms with Gasteiger partial charge in [0.2, 0.25) is 15.9 Å². The van der Waals surface area contributed by atoms with E-state index in [1.165, 1.54) is 4.31 Å². The van der Waals surface area contributed by atoms with Gasteiger partial charge in [0.05, 0.1) is 12.3 Å². The van der Waals surface area contributed by atoms with Gasteiger partial charge in [-0.15, -0.1) is 0 Å². The highest BCUT2D eigenvalue weighted by molar-refractivity contribution is 7.88. The van der Waals surface area contributed by atoms with Gasteiger partial charge in [0.25, 0.3) is 0 Å². The van der Waals surface area contributed by atoms with Gasteiger partial charge >= 0.3 is 0 Å². The number of nitrogens with one attached hydrogen (secondary N) is 1. The first kappa shape index (κ1) is 22.6. The van der Waals surface area contributed by atoms with Gasteiger partial charge in [-0.1, -0.05) is 35.9 Å². The summed E-state index contributed by atoms with van der Waals surface area (Å²) in [5.41, 5.74) is 1.78. The molecule has 1 heterocycles. The largest absolute Gasteiger partial charge is 0.492 e. The van der Waals surface area contributed by atoms with Crippen molar-refractivity contribution >= 4 is 27.5 Å². The maximum absolute atomic E-state index is 12.7. The maximum Gasteiger partial charge on any atom is 0.223 e. The highest BCUT2D eigenvalue weighted by atomic mass is 35.5. The molecule has 1 saturated heterocycles. The van der Waals surface area contributed by atoms with Crippen molar-refractivity contribution in [2.45, 2.75) is 25.5 Å². The van der Waals surface area contributed by atoms with Gasteiger partial charge in [0.15, 0.2) is 0 Å². The Labute approximate surface area is 183 Å². The highest BCUT2D eigenvalue weighted by Crippen LogP contribution is 2.22. The number of hydrogen-bond donors (Lipinski definition) is 1. The van der Waals surface area contributed by atoms with Gasteiger partial charge in [0, 0.05) is 24.0 Å². The van der Waals surface area contributed by atoms with Gasteiger partial charge in [0.1, 0.15) is 12.4 Å². The van der Waals surface area contributed by atoms with E-state index in [0.717, 1.165) is 11.3 Å². The molecule has 1 aliphatic rings. The number of ether oxygens (including phenoxy) is 1. The Morgan fingerprint density at radius 1 is 1.17 bits per heavy atom. The second-order valence-electron chi connectivity index (χ2n) is 7.52. The molecule has 0 unspecified atom stereocenters. The van der Waals surface area contributed by atoms with Crippen LogP contribution in [0.4, 0.5) is 0 Å². The number of carbonyl (C=O) groups excluding carboxylic acids is 1. The van der Waals surface area contributed by atoms with Crippen LogP contribution in [-0.2, 0) is 20.6 Å². The molecule has 162 valence electrons. The molecule has 0 aliphatic carbocycles. The smallest absolute Gasteiger partial charge is 0.223 e. The molecule has 6 nitrogen and oxygen atoms in total. The lowest BCUT2D eigenvalue weighted by molar-refractivity contribution is -0.126. The number of sulfonamides is 1. The summed E-state index contributed by atoms with van der Waals surface area (Å²) in [6.45, 7) is 3.50. The van der Waals surface area contributed by atoms with Gasteiger partial charge in [-0.25, -0.2) is 12.7 Å². The Bertz CT molecular complexity index is 973. The molecule has 2 aromatic rings. The lowest BCUT2D eigenvalue weighted by Crippen LogP contribution is -2.43. The number of aryl methyl sites for hydroxylation is 1. The standard InChI is InChI=1S/C22H27ClN2O4S/c1-17-4-2-7-21(14-17)29-13-10-24-22(26)19-8-11-25(12-9-19)30(27,28)16-18-5-3-6-20(23)15-18/h2-7,14-15,19H,8-13,16H2,1H3,(H,24,26). The number of benzene rings is 2. The first-order chi connectivity index (χ1) is 14.3. The van der Waals surface area contributed by atoms with Gasteiger partial charge in [-0.2, -0.15) is 0 Å². The van der Waals surface area contributed by atoms with Crippen LogP contribution in [0.25, 0.3) is 0 Å². The van der Waals surface area contributed by atoms with E-state index >= 15 is 0 Å². The molecule has 1 N–H and O–H groups in total. The van der Waals surface area contributed by atoms with Gasteiger partial charge in [-0.3, -0.25) is 4.79 Å². The van der Waals surface area contributed by atoms with Crippen LogP contribution >= 0.6 is 11.6 Å². The summed E-state index contributed by atoms with van der Waals surface area (Å²) < 4.78 is 32.5. The fourth-order valence-electron chi connectivity index (χ4n) is 3.52. The Kier molecular flexibility index (Phi) is 7.75. The zero-order valence-electron chi connectivity index (χ0n) is 17.0. The molecule has 0 spiro atoms. The molecule has 0 atom stereocenters. The summed E-state index contributed by atoms with van der Waals surface area (Å²) in [4.78, 5) is 12.4. The first-order valence-corrected chi connectivity index (χ1v) is 12.0. The number of amides is 1. The van der Waals surface area contributed by atoms with Crippen LogP contribution in [-0.4, -0.2) is 44.9 Å². The van der Waals surface area contributed by atoms with Crippen LogP contribution in [0.2, 0.25) is 5.02 Å². The van der Waals surface area contributed by atoms with Crippen molar-refractivity contribution in [1.82, 2.24) is 9.62 Å². The van der Waals surface area contributed by atoms with E-state index in [2.05, 4.69) is 5.32 Å². The molecule has 1 aliphatic heterocycles. The van der Waals surface area contributed by atoms with E-state index in [1.807, 2.05) is 31.2 Å². The zero-order valence-corrected chi connectivity index (χ0v) is 18.6. The molecule has 8 heteroatoms. The molecule has 1 amide bonds. The Balaban J connectivity index is 1.41. The number of halogens is 1. The monoisotopic (exact) mass is 450 g/mol. The SMILES string of the molecule is Cc1cccc(OCCNC(=O)C2CCN(S(=O)(=O)Cc3cccc(Cl)c3)CC2)c1. The molecule has 0 aromatic heterocycles. The Hall–Kier alpha value is -2.09. The summed E-state index contributed by atoms with van der Waals surface area (Å²) in [6, 6.07) is 14.6. The van der Waals surface area contributed by atoms with E-state index in [4.69, 9.17) is 16.3 Å². The molecular formula is C22H27ClN2O4S. The second-order valence-corrected chi connectivity index (χ2v) is 9.92. The molecule has 30 heavy (non-hydrogen) atoms. The molecule has 0 radical (unpaired) electrons. The fourth-order valence-corrected chi connectivity index (χ4v) is 5.28. The number of piperidine rings is 1. The van der Waals surface area contributed by atoms with E-state index < -0.39 is 10.0 Å². The van der Waals surface area contributed by atoms with E-state index in [9.17, 15) is 13.2 Å². The predicted octanol–water partition coefficient (Wildman–Crippen LogP) is 3.39. The van der Waals surface area contributed by atoms with Crippen LogP contribution in [0.15, 0.2) is 48.5 Å². The maximum atomic E-state index is 12.7. The zero-order chi connectivity index (χ0) is 21.6. The van der Waals surface area contributed by atoms with Crippen LogP contribution in [0.5, 0.6) is 5.75 Å². The molecule has 0 saturated carbocycles. The first-order valence-electron chi connectivity index (χ1n) is 10.0. The second kappa shape index (κ2) is 10.3. The third-order valence-electron chi connectivity index (χ3n) is 5.12. The van der Waals surface area contributed by atoms with Crippen LogP contribution in [0.1, 0.15) is 24.0 Å². The minimum atomic E-state index is -3.43. The molecule has 1 fully saturated rings. The Morgan fingerprint density at radius 2 is 1.90 bits per heavy atom. The topological polar surface area (TPSA) is 75.7 Å². The number of rotatable bonds is 8. The number of hydrogen-bond acceptors (Lipinski definition) is 4. The molecular weight excluding hydrogens is 424 g/mol. The Morgan fingerprint density at radius 3 is 2.60 bits per heavy atom. The van der Waals surface area contributed by atoms with Crippen LogP contribution in [0, 0.1) is 12.8 Å². The van der Waals surface area contributed by atoms with Crippen LogP contribution < -0.4 is 10.1 Å². The van der Waals surface area contributed by atoms with Crippen molar-refractivity contribution in [3.8, 4) is 5.75 Å². The lowest BCUT2D eigenvalue weighted by Gasteiger charge is -2.30. The van der Waals surface area contributed by atoms with E-state index in [-0.39, 0.29) is 17.6 Å². The molecule has 0 bridgehead atoms. The predicted molar refractivity (Wildman–Crippen MR) is 118 cm³/mol. The molecule has 3 rings (SSSR count). The van der Waals surface area contributed by atoms with Crippen LogP contribution in [0.3, 0.4) is 0 Å². The van der Waals surface area contributed by atoms with E-state index in [1.54, 1.807) is 24.3 Å². The van der Waals surface area contributed by atoms with Gasteiger partial charge < -0.3 is 10.1 Å². The summed E-state index contributed by atoms with van der Waals surface area (Å²) in [6.07, 6.45) is 1.03. The quantitative estimate of drug-likeness (QED) is 0.625. The fraction of sp³-hybridized carbons (Fsp3) is 0.409. The summed E-state index contributed by atoms with van der Waals surface area (Å²) in [7, 11) is -3.43. The average Bonchev–Trinajstić information content (AvgIpc) is 2.71. The van der Waals surface area contributed by atoms with Crippen molar-refractivity contribution in [1.29, 1.82) is 0 Å². The van der Waals surface area contributed by atoms with Crippen molar-refractivity contribution in [2.75, 3.05) is 26.2 Å². The lowest BCUT2D eigenvalue weighted by atomic mass is 9.97. The van der Waals surface area contributed by atoms with Crippen molar-refractivity contribution < 1.29 is 17.9 Å². The minimum Gasteiger partial charge on any atom is -0.492 e. The number of nitrogens with zero attached hydrogens (tertiary/aromatic N) is 1. The van der Waals surface area contributed by atoms with Crippen molar-refractivity contribution in [2.24, 2.45) is 5.92 Å². The normalized spacial score (nSPS) is 15.7. The minimum absolute atomic E-state index is 0.0465. The van der Waals surface area contributed by atoms with Gasteiger partial charge in [-0.05, 0) is 55.2 Å². The number of carbonyl (C=O) groups is 1. The van der Waals surface area contributed by atoms with Crippen molar-refractivity contribution in [3.05, 3.63) is 64.7 Å². The summed E-state index contributed by atoms with van der Waals surface area (Å²) in [5.74, 6) is 0.472. The van der Waals surface area contributed by atoms with E-state index in [0.29, 0.717) is 49.7 Å². The summed E-state index contributed by atoms with van der Waals surface area (Å²) >= 11 is 5.95. The third kappa shape index (κ3) is 6.45. The summed E-state index contributed by atoms with van der Waals surface area (Å²) in [5, 5.41) is 3.41. The molecule has 2 aromatic carbocycles. The highest BCUT2D eigenvalue weighted by Gasteiger charge is 2.31. The van der Waals surface area contributed by atoms with Crippen molar-refractivity contribution in [3.63, 3.8) is 0 Å². The average molecular weight is 451 g/mol. The third-order valence-corrected chi connectivity index (χ3v) is 7.20.